The molecule has 6 rings (SSSR count). The van der Waals surface area contributed by atoms with E-state index in [4.69, 9.17) is 4.74 Å². The number of esters is 1. The Balaban J connectivity index is 1.33. The first kappa shape index (κ1) is 30.0. The quantitative estimate of drug-likeness (QED) is 0.198. The van der Waals surface area contributed by atoms with E-state index >= 15 is 0 Å². The van der Waals surface area contributed by atoms with Gasteiger partial charge in [-0.1, -0.05) is 68.9 Å². The molecule has 0 saturated carbocycles. The molecule has 12 heteroatoms. The third kappa shape index (κ3) is 5.53. The molecular weight excluding hydrogens is 666 g/mol. The SMILES string of the molecule is CCOC(=O)c1ccc(NC(=O)Cn2c3c(sc2=O)[C@@H](c2ccc(Br)cc2)[C@@H]2C(=O)N(c4ccc(C)cc4)C(=O)[C@@H]2S3)cc1. The van der Waals surface area contributed by atoms with Gasteiger partial charge in [-0.15, -0.1) is 0 Å². The normalized spacial score (nSPS) is 19.0. The van der Waals surface area contributed by atoms with Gasteiger partial charge in [0.25, 0.3) is 0 Å². The van der Waals surface area contributed by atoms with Crippen molar-refractivity contribution in [2.45, 2.75) is 36.6 Å². The molecule has 0 radical (unpaired) electrons. The van der Waals surface area contributed by atoms with E-state index in [0.717, 1.165) is 26.9 Å². The minimum Gasteiger partial charge on any atom is -0.462 e. The summed E-state index contributed by atoms with van der Waals surface area (Å²) in [4.78, 5) is 67.8. The fourth-order valence-electron chi connectivity index (χ4n) is 5.48. The molecule has 3 amide bonds. The average molecular weight is 693 g/mol. The molecular formula is C32H26BrN3O6S2. The van der Waals surface area contributed by atoms with Crippen LogP contribution in [0.1, 0.15) is 39.2 Å². The third-order valence-corrected chi connectivity index (χ3v) is 10.7. The first-order valence-corrected chi connectivity index (χ1v) is 16.3. The number of benzene rings is 3. The van der Waals surface area contributed by atoms with Crippen molar-refractivity contribution in [3.63, 3.8) is 0 Å². The summed E-state index contributed by atoms with van der Waals surface area (Å²) in [5.41, 5.74) is 3.12. The minimum absolute atomic E-state index is 0.253. The van der Waals surface area contributed by atoms with E-state index in [-0.39, 0.29) is 29.8 Å². The monoisotopic (exact) mass is 691 g/mol. The zero-order chi connectivity index (χ0) is 31.1. The summed E-state index contributed by atoms with van der Waals surface area (Å²) in [5.74, 6) is -2.84. The second-order valence-corrected chi connectivity index (χ2v) is 13.4. The van der Waals surface area contributed by atoms with Crippen LogP contribution in [0.5, 0.6) is 0 Å². The van der Waals surface area contributed by atoms with Gasteiger partial charge in [0.05, 0.1) is 28.8 Å². The highest BCUT2D eigenvalue weighted by Gasteiger charge is 2.56. The van der Waals surface area contributed by atoms with Gasteiger partial charge in [-0.2, -0.15) is 0 Å². The van der Waals surface area contributed by atoms with Gasteiger partial charge in [0.15, 0.2) is 0 Å². The Kier molecular flexibility index (Phi) is 8.32. The van der Waals surface area contributed by atoms with Crippen LogP contribution < -0.4 is 15.1 Å². The number of amides is 3. The molecule has 1 N–H and O–H groups in total. The smallest absolute Gasteiger partial charge is 0.338 e. The standard InChI is InChI=1S/C32H26BrN3O6S2/c1-3-42-31(40)19-8-12-21(13-9-19)34-23(37)16-35-30-27(44-32(35)41)24(18-6-10-20(33)11-7-18)25-26(43-30)29(39)36(28(25)38)22-14-4-17(2)5-15-22/h4-15,24-26H,3,16H2,1-2H3,(H,34,37)/t24-,25-,26+/m0/s1. The summed E-state index contributed by atoms with van der Waals surface area (Å²) in [5, 5.41) is 2.50. The van der Waals surface area contributed by atoms with Crippen LogP contribution >= 0.6 is 39.0 Å². The van der Waals surface area contributed by atoms with Crippen molar-refractivity contribution in [2.24, 2.45) is 5.92 Å². The fourth-order valence-corrected chi connectivity index (χ4v) is 8.52. The molecule has 3 atom stereocenters. The molecule has 4 aromatic rings. The summed E-state index contributed by atoms with van der Waals surface area (Å²) in [6, 6.07) is 21.0. The molecule has 1 fully saturated rings. The number of hydrogen-bond donors (Lipinski definition) is 1. The number of halogens is 1. The van der Waals surface area contributed by atoms with Crippen LogP contribution in [0.4, 0.5) is 11.4 Å². The summed E-state index contributed by atoms with van der Waals surface area (Å²) in [6.45, 7) is 3.62. The Morgan fingerprint density at radius 1 is 0.932 bits per heavy atom. The molecule has 1 aromatic heterocycles. The predicted octanol–water partition coefficient (Wildman–Crippen LogP) is 5.59. The van der Waals surface area contributed by atoms with Crippen LogP contribution in [0.2, 0.25) is 0 Å². The van der Waals surface area contributed by atoms with Gasteiger partial charge < -0.3 is 10.1 Å². The molecule has 2 aliphatic heterocycles. The number of rotatable bonds is 7. The first-order valence-electron chi connectivity index (χ1n) is 13.8. The van der Waals surface area contributed by atoms with E-state index in [1.807, 2.05) is 43.3 Å². The number of imide groups is 1. The van der Waals surface area contributed by atoms with E-state index in [2.05, 4.69) is 21.2 Å². The zero-order valence-corrected chi connectivity index (χ0v) is 26.8. The van der Waals surface area contributed by atoms with Crippen LogP contribution in [0.15, 0.2) is 87.1 Å². The molecule has 44 heavy (non-hydrogen) atoms. The van der Waals surface area contributed by atoms with Gasteiger partial charge in [-0.25, -0.2) is 9.69 Å². The number of thiazole rings is 1. The molecule has 1 saturated heterocycles. The van der Waals surface area contributed by atoms with Crippen molar-refractivity contribution in [3.05, 3.63) is 109 Å². The van der Waals surface area contributed by atoms with Crippen molar-refractivity contribution < 1.29 is 23.9 Å². The largest absolute Gasteiger partial charge is 0.462 e. The lowest BCUT2D eigenvalue weighted by Crippen LogP contribution is -2.33. The Labute approximate surface area is 269 Å². The molecule has 3 heterocycles. The number of aryl methyl sites for hydroxylation is 1. The van der Waals surface area contributed by atoms with Gasteiger partial charge in [0.1, 0.15) is 11.8 Å². The topological polar surface area (TPSA) is 115 Å². The van der Waals surface area contributed by atoms with Crippen molar-refractivity contribution in [1.82, 2.24) is 4.57 Å². The molecule has 2 aliphatic rings. The van der Waals surface area contributed by atoms with Gasteiger partial charge in [-0.05, 0) is 67.9 Å². The van der Waals surface area contributed by atoms with Crippen LogP contribution in [0.25, 0.3) is 0 Å². The number of thioether (sulfide) groups is 1. The van der Waals surface area contributed by atoms with Gasteiger partial charge in [-0.3, -0.25) is 23.7 Å². The molecule has 0 unspecified atom stereocenters. The van der Waals surface area contributed by atoms with Gasteiger partial charge in [0, 0.05) is 21.0 Å². The Morgan fingerprint density at radius 3 is 2.27 bits per heavy atom. The lowest BCUT2D eigenvalue weighted by Gasteiger charge is -2.30. The lowest BCUT2D eigenvalue weighted by molar-refractivity contribution is -0.122. The van der Waals surface area contributed by atoms with E-state index in [1.165, 1.54) is 21.2 Å². The van der Waals surface area contributed by atoms with Crippen LogP contribution in [0.3, 0.4) is 0 Å². The second kappa shape index (κ2) is 12.2. The molecule has 9 nitrogen and oxygen atoms in total. The highest BCUT2D eigenvalue weighted by Crippen LogP contribution is 2.54. The summed E-state index contributed by atoms with van der Waals surface area (Å²) in [6.07, 6.45) is 0. The molecule has 224 valence electrons. The Hall–Kier alpha value is -4.00. The summed E-state index contributed by atoms with van der Waals surface area (Å²) in [7, 11) is 0. The van der Waals surface area contributed by atoms with Gasteiger partial charge in [0.2, 0.25) is 17.7 Å². The van der Waals surface area contributed by atoms with Crippen molar-refractivity contribution in [3.8, 4) is 0 Å². The number of carbonyl (C=O) groups is 4. The number of anilines is 2. The van der Waals surface area contributed by atoms with Crippen LogP contribution in [-0.2, 0) is 25.7 Å². The number of aromatic nitrogens is 1. The summed E-state index contributed by atoms with van der Waals surface area (Å²) >= 11 is 5.62. The number of hydrogen-bond acceptors (Lipinski definition) is 8. The van der Waals surface area contributed by atoms with Gasteiger partial charge >= 0.3 is 10.8 Å². The van der Waals surface area contributed by atoms with E-state index < -0.39 is 29.0 Å². The molecule has 0 bridgehead atoms. The fraction of sp³-hybridized carbons (Fsp3) is 0.219. The first-order chi connectivity index (χ1) is 21.2. The highest BCUT2D eigenvalue weighted by molar-refractivity contribution is 9.10. The molecule has 0 aliphatic carbocycles. The highest BCUT2D eigenvalue weighted by atomic mass is 79.9. The maximum atomic E-state index is 14.0. The average Bonchev–Trinajstić information content (AvgIpc) is 3.45. The van der Waals surface area contributed by atoms with Crippen molar-refractivity contribution in [1.29, 1.82) is 0 Å². The minimum atomic E-state index is -0.774. The zero-order valence-electron chi connectivity index (χ0n) is 23.6. The predicted molar refractivity (Wildman–Crippen MR) is 172 cm³/mol. The van der Waals surface area contributed by atoms with Crippen molar-refractivity contribution in [2.75, 3.05) is 16.8 Å². The number of nitrogens with one attached hydrogen (secondary N) is 1. The van der Waals surface area contributed by atoms with E-state index in [9.17, 15) is 24.0 Å². The van der Waals surface area contributed by atoms with E-state index in [0.29, 0.717) is 26.8 Å². The number of carbonyl (C=O) groups excluding carboxylic acids is 4. The van der Waals surface area contributed by atoms with Crippen LogP contribution in [-0.4, -0.2) is 40.1 Å². The Morgan fingerprint density at radius 2 is 1.61 bits per heavy atom. The number of nitrogens with zero attached hydrogens (tertiary/aromatic N) is 2. The molecule has 3 aromatic carbocycles. The maximum absolute atomic E-state index is 14.0. The van der Waals surface area contributed by atoms with E-state index in [1.54, 1.807) is 43.3 Å². The van der Waals surface area contributed by atoms with Crippen LogP contribution in [0, 0.1) is 12.8 Å². The molecule has 0 spiro atoms. The number of fused-ring (bicyclic) bond motifs is 2. The second-order valence-electron chi connectivity index (χ2n) is 10.4. The third-order valence-electron chi connectivity index (χ3n) is 7.55. The lowest BCUT2D eigenvalue weighted by atomic mass is 9.83. The number of ether oxygens (including phenoxy) is 1. The van der Waals surface area contributed by atoms with Crippen molar-refractivity contribution >= 4 is 74.1 Å². The Bertz CT molecular complexity index is 1830. The maximum Gasteiger partial charge on any atom is 0.338 e. The summed E-state index contributed by atoms with van der Waals surface area (Å²) < 4.78 is 7.23.